The lowest BCUT2D eigenvalue weighted by Crippen LogP contribution is -2.47. The first kappa shape index (κ1) is 12.9. The van der Waals surface area contributed by atoms with Gasteiger partial charge in [0.15, 0.2) is 0 Å². The van der Waals surface area contributed by atoms with E-state index in [9.17, 15) is 14.7 Å². The number of carbonyl (C=O) groups excluding carboxylic acids is 1. The van der Waals surface area contributed by atoms with Crippen LogP contribution < -0.4 is 16.2 Å². The van der Waals surface area contributed by atoms with Gasteiger partial charge in [0, 0.05) is 0 Å². The Morgan fingerprint density at radius 3 is 2.50 bits per heavy atom. The van der Waals surface area contributed by atoms with Crippen LogP contribution in [0, 0.1) is 0 Å². The van der Waals surface area contributed by atoms with Gasteiger partial charge in [0.1, 0.15) is 0 Å². The fourth-order valence-electron chi connectivity index (χ4n) is 0.959. The van der Waals surface area contributed by atoms with Gasteiger partial charge in [-0.2, -0.15) is 0 Å². The van der Waals surface area contributed by atoms with E-state index < -0.39 is 24.4 Å². The summed E-state index contributed by atoms with van der Waals surface area (Å²) in [7, 11) is 0. The Balaban J connectivity index is 3.74. The number of unbranched alkanes of at least 4 members (excludes halogenated alkanes) is 1. The first-order valence-corrected chi connectivity index (χ1v) is 4.44. The van der Waals surface area contributed by atoms with E-state index >= 15 is 0 Å². The lowest BCUT2D eigenvalue weighted by Gasteiger charge is -2.17. The van der Waals surface area contributed by atoms with Crippen LogP contribution in [-0.4, -0.2) is 36.2 Å². The summed E-state index contributed by atoms with van der Waals surface area (Å²) in [6.45, 7) is 0.972. The van der Waals surface area contributed by atoms with Crippen LogP contribution in [0.25, 0.3) is 0 Å². The van der Waals surface area contributed by atoms with Crippen LogP contribution in [0.2, 0.25) is 0 Å². The van der Waals surface area contributed by atoms with Gasteiger partial charge in [0.25, 0.3) is 0 Å². The highest BCUT2D eigenvalue weighted by atomic mass is 16.4. The smallest absolute Gasteiger partial charge is 0.305 e. The van der Waals surface area contributed by atoms with Crippen LogP contribution in [0.15, 0.2) is 0 Å². The van der Waals surface area contributed by atoms with Crippen molar-refractivity contribution in [3.05, 3.63) is 0 Å². The molecule has 6 heteroatoms. The molecule has 0 aliphatic rings. The molecule has 0 rings (SSSR count). The van der Waals surface area contributed by atoms with Crippen molar-refractivity contribution < 1.29 is 19.8 Å². The zero-order valence-electron chi connectivity index (χ0n) is 7.86. The summed E-state index contributed by atoms with van der Waals surface area (Å²) in [5.41, 5.74) is 5.24. The molecule has 6 nitrogen and oxygen atoms in total. The van der Waals surface area contributed by atoms with E-state index in [2.05, 4.69) is 5.32 Å². The van der Waals surface area contributed by atoms with Gasteiger partial charge in [0.05, 0.1) is 18.4 Å². The largest absolute Gasteiger partial charge is 0.548 e. The average Bonchev–Trinajstić information content (AvgIpc) is 2.09. The van der Waals surface area contributed by atoms with Gasteiger partial charge >= 0.3 is 5.97 Å². The normalized spacial score (nSPS) is 12.4. The third-order valence-electron chi connectivity index (χ3n) is 1.68. The van der Waals surface area contributed by atoms with Crippen LogP contribution >= 0.6 is 0 Å². The number of nitrogens with two attached hydrogens (primary N) is 1. The number of nitrogens with one attached hydrogen (secondary N) is 1. The molecule has 0 aliphatic heterocycles. The maximum absolute atomic E-state index is 10.4. The number of rotatable bonds is 8. The molecule has 0 saturated heterocycles. The summed E-state index contributed by atoms with van der Waals surface area (Å²) in [6.07, 6.45) is 1.03. The second-order valence-corrected chi connectivity index (χ2v) is 2.92. The molecule has 14 heavy (non-hydrogen) atoms. The van der Waals surface area contributed by atoms with Crippen molar-refractivity contribution in [3.63, 3.8) is 0 Å². The monoisotopic (exact) mass is 203 g/mol. The quantitative estimate of drug-likeness (QED) is 0.389. The lowest BCUT2D eigenvalue weighted by atomic mass is 10.2. The molecule has 0 saturated carbocycles. The Bertz CT molecular complexity index is 196. The second kappa shape index (κ2) is 7.28. The highest BCUT2D eigenvalue weighted by Gasteiger charge is 2.12. The highest BCUT2D eigenvalue weighted by Crippen LogP contribution is 1.92. The summed E-state index contributed by atoms with van der Waals surface area (Å²) in [5, 5.41) is 21.4. The predicted molar refractivity (Wildman–Crippen MR) is 47.3 cm³/mol. The van der Waals surface area contributed by atoms with Crippen LogP contribution in [0.3, 0.4) is 0 Å². The summed E-state index contributed by atoms with van der Waals surface area (Å²) in [6, 6.07) is -1.12. The van der Waals surface area contributed by atoms with Gasteiger partial charge in [0.2, 0.25) is 0 Å². The molecule has 0 aliphatic carbocycles. The summed E-state index contributed by atoms with van der Waals surface area (Å²) in [5.74, 6) is -2.55. The molecular weight excluding hydrogens is 188 g/mol. The topological polar surface area (TPSA) is 115 Å². The van der Waals surface area contributed by atoms with Crippen molar-refractivity contribution in [2.45, 2.75) is 25.3 Å². The second-order valence-electron chi connectivity index (χ2n) is 2.92. The molecule has 0 aromatic heterocycles. The number of hydrogen-bond acceptors (Lipinski definition) is 5. The summed E-state index contributed by atoms with van der Waals surface area (Å²) in [4.78, 5) is 20.7. The number of carboxylic acid groups (broad SMARTS) is 2. The van der Waals surface area contributed by atoms with Crippen LogP contribution in [0.1, 0.15) is 19.3 Å². The Morgan fingerprint density at radius 1 is 1.43 bits per heavy atom. The van der Waals surface area contributed by atoms with E-state index in [1.54, 1.807) is 0 Å². The highest BCUT2D eigenvalue weighted by molar-refractivity contribution is 5.79. The minimum Gasteiger partial charge on any atom is -0.548 e. The van der Waals surface area contributed by atoms with E-state index in [0.29, 0.717) is 13.1 Å². The van der Waals surface area contributed by atoms with Crippen LogP contribution in [0.5, 0.6) is 0 Å². The molecule has 82 valence electrons. The lowest BCUT2D eigenvalue weighted by molar-refractivity contribution is -0.308. The van der Waals surface area contributed by atoms with Gasteiger partial charge in [-0.1, -0.05) is 0 Å². The molecule has 0 radical (unpaired) electrons. The van der Waals surface area contributed by atoms with Crippen LogP contribution in [-0.2, 0) is 9.59 Å². The predicted octanol–water partition coefficient (Wildman–Crippen LogP) is -2.09. The Kier molecular flexibility index (Phi) is 6.69. The first-order chi connectivity index (χ1) is 6.57. The van der Waals surface area contributed by atoms with Crippen molar-refractivity contribution in [1.82, 2.24) is 5.32 Å². The molecule has 1 unspecified atom stereocenters. The number of aliphatic carboxylic acids is 2. The van der Waals surface area contributed by atoms with E-state index in [1.165, 1.54) is 0 Å². The zero-order chi connectivity index (χ0) is 11.0. The molecule has 0 heterocycles. The maximum Gasteiger partial charge on any atom is 0.305 e. The minimum atomic E-state index is -1.39. The fourth-order valence-corrected chi connectivity index (χ4v) is 0.959. The van der Waals surface area contributed by atoms with Gasteiger partial charge in [-0.3, -0.25) is 4.79 Å². The van der Waals surface area contributed by atoms with Crippen molar-refractivity contribution in [2.75, 3.05) is 13.1 Å². The van der Waals surface area contributed by atoms with Crippen molar-refractivity contribution in [1.29, 1.82) is 0 Å². The third-order valence-corrected chi connectivity index (χ3v) is 1.68. The third kappa shape index (κ3) is 6.38. The Hall–Kier alpha value is -1.14. The summed E-state index contributed by atoms with van der Waals surface area (Å²) < 4.78 is 0. The molecule has 1 atom stereocenters. The van der Waals surface area contributed by atoms with E-state index in [4.69, 9.17) is 10.8 Å². The zero-order valence-corrected chi connectivity index (χ0v) is 7.86. The molecule has 0 fully saturated rings. The van der Waals surface area contributed by atoms with Crippen LogP contribution in [0.4, 0.5) is 0 Å². The molecule has 0 amide bonds. The van der Waals surface area contributed by atoms with Crippen molar-refractivity contribution >= 4 is 11.9 Å². The molecule has 0 spiro atoms. The first-order valence-electron chi connectivity index (χ1n) is 4.44. The van der Waals surface area contributed by atoms with Gasteiger partial charge in [-0.05, 0) is 25.9 Å². The minimum absolute atomic E-state index is 0.434. The molecule has 0 bridgehead atoms. The molecular formula is C8H15N2O4-. The SMILES string of the molecule is NCCCCNC(CC(=O)O)C(=O)[O-]. The molecule has 0 aromatic rings. The Morgan fingerprint density at radius 2 is 2.07 bits per heavy atom. The van der Waals surface area contributed by atoms with E-state index in [-0.39, 0.29) is 0 Å². The van der Waals surface area contributed by atoms with Crippen molar-refractivity contribution in [3.8, 4) is 0 Å². The van der Waals surface area contributed by atoms with Gasteiger partial charge in [-0.15, -0.1) is 0 Å². The van der Waals surface area contributed by atoms with E-state index in [0.717, 1.165) is 12.8 Å². The summed E-state index contributed by atoms with van der Waals surface area (Å²) >= 11 is 0. The molecule has 4 N–H and O–H groups in total. The van der Waals surface area contributed by atoms with Gasteiger partial charge in [-0.25, -0.2) is 0 Å². The average molecular weight is 203 g/mol. The standard InChI is InChI=1S/C8H16N2O4/c9-3-1-2-4-10-6(8(13)14)5-7(11)12/h6,10H,1-5,9H2,(H,11,12)(H,13,14)/p-1. The van der Waals surface area contributed by atoms with Gasteiger partial charge < -0.3 is 26.1 Å². The van der Waals surface area contributed by atoms with E-state index in [1.807, 2.05) is 0 Å². The maximum atomic E-state index is 10.4. The Labute approximate surface area is 82.1 Å². The molecule has 0 aromatic carbocycles. The number of hydrogen-bond donors (Lipinski definition) is 3. The number of carbonyl (C=O) groups is 2. The number of carboxylic acids is 2. The fraction of sp³-hybridized carbons (Fsp3) is 0.750. The van der Waals surface area contributed by atoms with Crippen molar-refractivity contribution in [2.24, 2.45) is 5.73 Å².